The molecule has 222 valence electrons. The van der Waals surface area contributed by atoms with Gasteiger partial charge in [-0.15, -0.1) is 0 Å². The summed E-state index contributed by atoms with van der Waals surface area (Å²) >= 11 is 0. The molecule has 1 unspecified atom stereocenters. The number of hydrogen-bond donors (Lipinski definition) is 2. The number of amides is 2. The van der Waals surface area contributed by atoms with Gasteiger partial charge in [0.1, 0.15) is 12.3 Å². The van der Waals surface area contributed by atoms with Crippen molar-refractivity contribution in [2.75, 3.05) is 17.5 Å². The Morgan fingerprint density at radius 1 is 0.837 bits per heavy atom. The van der Waals surface area contributed by atoms with Crippen LogP contribution in [0.15, 0.2) is 113 Å². The Hall–Kier alpha value is -4.96. The highest BCUT2D eigenvalue weighted by atomic mass is 32.2. The molecular weight excluding hydrogens is 564 g/mol. The summed E-state index contributed by atoms with van der Waals surface area (Å²) in [5.41, 5.74) is 6.32. The molecular formula is C33H34N4O5S. The first kappa shape index (κ1) is 31.0. The van der Waals surface area contributed by atoms with Gasteiger partial charge in [-0.1, -0.05) is 65.7 Å². The monoisotopic (exact) mass is 598 g/mol. The van der Waals surface area contributed by atoms with Gasteiger partial charge in [0.15, 0.2) is 6.61 Å². The van der Waals surface area contributed by atoms with E-state index in [1.807, 2.05) is 51.1 Å². The quantitative estimate of drug-likeness (QED) is 0.178. The number of benzene rings is 4. The normalized spacial score (nSPS) is 12.0. The van der Waals surface area contributed by atoms with Crippen molar-refractivity contribution in [1.29, 1.82) is 0 Å². The van der Waals surface area contributed by atoms with E-state index in [0.717, 1.165) is 21.0 Å². The summed E-state index contributed by atoms with van der Waals surface area (Å²) in [5.74, 6) is -0.351. The summed E-state index contributed by atoms with van der Waals surface area (Å²) in [6, 6.07) is 29.7. The molecule has 0 bridgehead atoms. The third-order valence-electron chi connectivity index (χ3n) is 6.55. The number of sulfonamides is 1. The first-order valence-electron chi connectivity index (χ1n) is 13.7. The van der Waals surface area contributed by atoms with Crippen LogP contribution in [0.3, 0.4) is 0 Å². The van der Waals surface area contributed by atoms with Crippen molar-refractivity contribution in [3.8, 4) is 5.75 Å². The lowest BCUT2D eigenvalue weighted by Crippen LogP contribution is -2.39. The minimum absolute atomic E-state index is 0.0838. The Morgan fingerprint density at radius 3 is 2.07 bits per heavy atom. The lowest BCUT2D eigenvalue weighted by Gasteiger charge is -2.24. The van der Waals surface area contributed by atoms with Gasteiger partial charge in [0.2, 0.25) is 0 Å². The maximum absolute atomic E-state index is 13.5. The van der Waals surface area contributed by atoms with Crippen LogP contribution in [-0.4, -0.2) is 39.6 Å². The van der Waals surface area contributed by atoms with Crippen molar-refractivity contribution < 1.29 is 22.7 Å². The summed E-state index contributed by atoms with van der Waals surface area (Å²) in [6.07, 6.45) is 1.43. The van der Waals surface area contributed by atoms with E-state index in [2.05, 4.69) is 15.8 Å². The predicted octanol–water partition coefficient (Wildman–Crippen LogP) is 4.91. The van der Waals surface area contributed by atoms with Crippen LogP contribution >= 0.6 is 0 Å². The molecule has 0 aromatic heterocycles. The number of nitrogens with zero attached hydrogens (tertiary/aromatic N) is 2. The molecule has 0 saturated heterocycles. The number of nitrogens with one attached hydrogen (secondary N) is 2. The van der Waals surface area contributed by atoms with Gasteiger partial charge in [0.05, 0.1) is 22.8 Å². The molecule has 1 atom stereocenters. The number of carbonyl (C=O) groups is 2. The van der Waals surface area contributed by atoms with Gasteiger partial charge < -0.3 is 10.1 Å². The molecule has 4 aromatic carbocycles. The minimum Gasteiger partial charge on any atom is -0.484 e. The second-order valence-corrected chi connectivity index (χ2v) is 11.9. The van der Waals surface area contributed by atoms with E-state index in [-0.39, 0.29) is 23.5 Å². The molecule has 9 nitrogen and oxygen atoms in total. The third kappa shape index (κ3) is 8.76. The SMILES string of the molecule is Cc1ccc(N(CC(=O)N/N=C/c2ccc(OCC(=O)NC(C)c3ccccc3)cc2)S(=O)(=O)c2ccc(C)cc2)cc1. The molecule has 43 heavy (non-hydrogen) atoms. The van der Waals surface area contributed by atoms with Crippen molar-refractivity contribution in [3.05, 3.63) is 125 Å². The Bertz CT molecular complexity index is 1660. The van der Waals surface area contributed by atoms with Crippen molar-refractivity contribution >= 4 is 33.7 Å². The van der Waals surface area contributed by atoms with E-state index in [1.165, 1.54) is 18.3 Å². The van der Waals surface area contributed by atoms with Gasteiger partial charge in [-0.05, 0) is 80.4 Å². The molecule has 0 spiro atoms. The molecule has 2 amide bonds. The second-order valence-electron chi connectivity index (χ2n) is 10.0. The maximum atomic E-state index is 13.5. The highest BCUT2D eigenvalue weighted by molar-refractivity contribution is 7.92. The van der Waals surface area contributed by atoms with Crippen LogP contribution in [-0.2, 0) is 19.6 Å². The van der Waals surface area contributed by atoms with Gasteiger partial charge in [-0.3, -0.25) is 13.9 Å². The Kier molecular flexibility index (Phi) is 10.3. The first-order valence-corrected chi connectivity index (χ1v) is 15.1. The van der Waals surface area contributed by atoms with Crippen LogP contribution < -0.4 is 19.8 Å². The molecule has 0 radical (unpaired) electrons. The fourth-order valence-corrected chi connectivity index (χ4v) is 5.54. The van der Waals surface area contributed by atoms with Crippen molar-refractivity contribution in [1.82, 2.24) is 10.7 Å². The average molecular weight is 599 g/mol. The number of rotatable bonds is 12. The number of aryl methyl sites for hydroxylation is 2. The Balaban J connectivity index is 1.33. The molecule has 2 N–H and O–H groups in total. The van der Waals surface area contributed by atoms with Crippen LogP contribution in [0.25, 0.3) is 0 Å². The number of hydrazone groups is 1. The molecule has 0 aliphatic heterocycles. The van der Waals surface area contributed by atoms with Crippen LogP contribution in [0.4, 0.5) is 5.69 Å². The smallest absolute Gasteiger partial charge is 0.264 e. The summed E-state index contributed by atoms with van der Waals surface area (Å²) in [6.45, 7) is 5.07. The van der Waals surface area contributed by atoms with E-state index in [4.69, 9.17) is 4.74 Å². The van der Waals surface area contributed by atoms with Crippen LogP contribution in [0, 0.1) is 13.8 Å². The third-order valence-corrected chi connectivity index (χ3v) is 8.34. The van der Waals surface area contributed by atoms with E-state index in [1.54, 1.807) is 60.7 Å². The molecule has 4 rings (SSSR count). The fourth-order valence-electron chi connectivity index (χ4n) is 4.12. The number of ether oxygens (including phenoxy) is 1. The summed E-state index contributed by atoms with van der Waals surface area (Å²) in [7, 11) is -4.02. The fraction of sp³-hybridized carbons (Fsp3) is 0.182. The summed E-state index contributed by atoms with van der Waals surface area (Å²) < 4.78 is 33.6. The lowest BCUT2D eigenvalue weighted by molar-refractivity contribution is -0.123. The molecule has 0 aliphatic rings. The molecule has 0 heterocycles. The van der Waals surface area contributed by atoms with Gasteiger partial charge in [-0.2, -0.15) is 5.10 Å². The number of carbonyl (C=O) groups excluding carboxylic acids is 2. The highest BCUT2D eigenvalue weighted by Gasteiger charge is 2.27. The molecule has 0 saturated carbocycles. The molecule has 0 aliphatic carbocycles. The van der Waals surface area contributed by atoms with Gasteiger partial charge in [0, 0.05) is 0 Å². The average Bonchev–Trinajstić information content (AvgIpc) is 3.00. The molecule has 10 heteroatoms. The predicted molar refractivity (Wildman–Crippen MR) is 168 cm³/mol. The maximum Gasteiger partial charge on any atom is 0.264 e. The van der Waals surface area contributed by atoms with Crippen LogP contribution in [0.2, 0.25) is 0 Å². The lowest BCUT2D eigenvalue weighted by atomic mass is 10.1. The largest absolute Gasteiger partial charge is 0.484 e. The Morgan fingerprint density at radius 2 is 1.44 bits per heavy atom. The highest BCUT2D eigenvalue weighted by Crippen LogP contribution is 2.24. The van der Waals surface area contributed by atoms with Crippen molar-refractivity contribution in [3.63, 3.8) is 0 Å². The van der Waals surface area contributed by atoms with Gasteiger partial charge in [0.25, 0.3) is 21.8 Å². The zero-order valence-electron chi connectivity index (χ0n) is 24.2. The zero-order chi connectivity index (χ0) is 30.8. The van der Waals surface area contributed by atoms with Gasteiger partial charge in [-0.25, -0.2) is 13.8 Å². The summed E-state index contributed by atoms with van der Waals surface area (Å²) in [4.78, 5) is 25.2. The van der Waals surface area contributed by atoms with E-state index in [0.29, 0.717) is 17.0 Å². The van der Waals surface area contributed by atoms with Crippen LogP contribution in [0.5, 0.6) is 5.75 Å². The van der Waals surface area contributed by atoms with Crippen molar-refractivity contribution in [2.24, 2.45) is 5.10 Å². The zero-order valence-corrected chi connectivity index (χ0v) is 25.0. The topological polar surface area (TPSA) is 117 Å². The molecule has 4 aromatic rings. The van der Waals surface area contributed by atoms with E-state index >= 15 is 0 Å². The van der Waals surface area contributed by atoms with Gasteiger partial charge >= 0.3 is 0 Å². The minimum atomic E-state index is -4.02. The van der Waals surface area contributed by atoms with Crippen LogP contribution in [0.1, 0.15) is 35.2 Å². The second kappa shape index (κ2) is 14.3. The first-order chi connectivity index (χ1) is 20.6. The van der Waals surface area contributed by atoms with E-state index in [9.17, 15) is 18.0 Å². The molecule has 0 fully saturated rings. The standard InChI is InChI=1S/C33H34N4O5S/c1-24-9-15-29(16-10-24)37(43(40,41)31-19-11-25(2)12-20-31)22-32(38)36-34-21-27-13-17-30(18-14-27)42-23-33(39)35-26(3)28-7-5-4-6-8-28/h4-21,26H,22-23H2,1-3H3,(H,35,39)(H,36,38)/b34-21+. The number of anilines is 1. The summed E-state index contributed by atoms with van der Waals surface area (Å²) in [5, 5.41) is 6.88. The Labute approximate surface area is 252 Å². The number of hydrogen-bond acceptors (Lipinski definition) is 6. The van der Waals surface area contributed by atoms with Crippen molar-refractivity contribution in [2.45, 2.75) is 31.7 Å². The van der Waals surface area contributed by atoms with E-state index < -0.39 is 22.5 Å².